The largest absolute Gasteiger partial charge is 0.497 e. The fraction of sp³-hybridized carbons (Fsp3) is 0.250. The molecule has 21 heavy (non-hydrogen) atoms. The topological polar surface area (TPSA) is 55.4 Å². The molecule has 2 unspecified atom stereocenters. The number of ether oxygens (including phenoxy) is 1. The number of rotatable bonds is 3. The molecule has 1 fully saturated rings. The van der Waals surface area contributed by atoms with Gasteiger partial charge >= 0.3 is 0 Å². The maximum atomic E-state index is 11.8. The highest BCUT2D eigenvalue weighted by Crippen LogP contribution is 2.34. The summed E-state index contributed by atoms with van der Waals surface area (Å²) in [4.78, 5) is 23.1. The van der Waals surface area contributed by atoms with Gasteiger partial charge in [-0.2, -0.15) is 0 Å². The number of benzene rings is 2. The van der Waals surface area contributed by atoms with Crippen molar-refractivity contribution in [1.29, 1.82) is 0 Å². The number of carbonyl (C=O) groups excluding carboxylic acids is 2. The van der Waals surface area contributed by atoms with Crippen LogP contribution in [0.15, 0.2) is 36.4 Å². The minimum Gasteiger partial charge on any atom is -0.497 e. The first kappa shape index (κ1) is 13.9. The molecule has 1 aliphatic rings. The molecule has 1 saturated heterocycles. The van der Waals surface area contributed by atoms with Crippen molar-refractivity contribution in [2.24, 2.45) is 0 Å². The smallest absolute Gasteiger partial charge is 0.286 e. The van der Waals surface area contributed by atoms with Crippen molar-refractivity contribution < 1.29 is 14.3 Å². The Balaban J connectivity index is 1.93. The van der Waals surface area contributed by atoms with E-state index in [1.165, 1.54) is 0 Å². The Labute approximate surface area is 126 Å². The number of thioether (sulfide) groups is 1. The number of imide groups is 1. The normalized spacial score (nSPS) is 19.6. The Morgan fingerprint density at radius 1 is 1.14 bits per heavy atom. The first-order chi connectivity index (χ1) is 10.1. The minimum atomic E-state index is -0.354. The quantitative estimate of drug-likeness (QED) is 0.945. The van der Waals surface area contributed by atoms with Gasteiger partial charge in [0.15, 0.2) is 0 Å². The Hall–Kier alpha value is -2.01. The lowest BCUT2D eigenvalue weighted by molar-refractivity contribution is -0.119. The molecule has 0 aliphatic carbocycles. The summed E-state index contributed by atoms with van der Waals surface area (Å²) < 4.78 is 5.21. The summed E-state index contributed by atoms with van der Waals surface area (Å²) in [5.41, 5.74) is 1.05. The predicted molar refractivity (Wildman–Crippen MR) is 83.8 cm³/mol. The summed E-state index contributed by atoms with van der Waals surface area (Å²) in [6.45, 7) is 1.97. The number of carbonyl (C=O) groups is 2. The molecular formula is C16H15NO3S. The highest BCUT2D eigenvalue weighted by atomic mass is 32.2. The van der Waals surface area contributed by atoms with Crippen molar-refractivity contribution in [2.75, 3.05) is 7.11 Å². The van der Waals surface area contributed by atoms with E-state index in [1.54, 1.807) is 7.11 Å². The van der Waals surface area contributed by atoms with Crippen molar-refractivity contribution in [3.8, 4) is 5.75 Å². The van der Waals surface area contributed by atoms with Crippen molar-refractivity contribution in [3.63, 3.8) is 0 Å². The summed E-state index contributed by atoms with van der Waals surface area (Å²) in [5, 5.41) is 3.90. The van der Waals surface area contributed by atoms with Crippen LogP contribution in [-0.4, -0.2) is 23.5 Å². The first-order valence-electron chi connectivity index (χ1n) is 6.67. The summed E-state index contributed by atoms with van der Waals surface area (Å²) >= 11 is 1.07. The molecule has 0 spiro atoms. The molecule has 1 N–H and O–H groups in total. The van der Waals surface area contributed by atoms with E-state index in [2.05, 4.69) is 11.4 Å². The van der Waals surface area contributed by atoms with Gasteiger partial charge in [-0.05, 0) is 28.5 Å². The molecule has 2 aromatic carbocycles. The molecule has 1 aliphatic heterocycles. The van der Waals surface area contributed by atoms with E-state index in [0.29, 0.717) is 0 Å². The van der Waals surface area contributed by atoms with Gasteiger partial charge in [-0.15, -0.1) is 0 Å². The Morgan fingerprint density at radius 3 is 2.52 bits per heavy atom. The van der Waals surface area contributed by atoms with E-state index >= 15 is 0 Å². The van der Waals surface area contributed by atoms with Gasteiger partial charge in [0.1, 0.15) is 5.75 Å². The van der Waals surface area contributed by atoms with Gasteiger partial charge in [0, 0.05) is 5.92 Å². The highest BCUT2D eigenvalue weighted by Gasteiger charge is 2.36. The summed E-state index contributed by atoms with van der Waals surface area (Å²) in [7, 11) is 1.64. The standard InChI is InChI=1S/C16H15NO3S/c1-9(14-15(18)17-16(19)21-14)10-3-4-12-8-13(20-2)6-5-11(12)7-10/h3-9,14H,1-2H3,(H,17,18,19). The van der Waals surface area contributed by atoms with Crippen LogP contribution < -0.4 is 10.1 Å². The second kappa shape index (κ2) is 5.41. The van der Waals surface area contributed by atoms with Crippen LogP contribution in [0.1, 0.15) is 18.4 Å². The van der Waals surface area contributed by atoms with Crippen LogP contribution in [0.25, 0.3) is 10.8 Å². The van der Waals surface area contributed by atoms with Crippen molar-refractivity contribution in [3.05, 3.63) is 42.0 Å². The Kier molecular flexibility index (Phi) is 3.59. The van der Waals surface area contributed by atoms with Crippen LogP contribution in [0.4, 0.5) is 4.79 Å². The van der Waals surface area contributed by atoms with Crippen molar-refractivity contribution in [2.45, 2.75) is 18.1 Å². The van der Waals surface area contributed by atoms with Gasteiger partial charge in [0.05, 0.1) is 12.4 Å². The van der Waals surface area contributed by atoms with Crippen LogP contribution in [-0.2, 0) is 4.79 Å². The van der Waals surface area contributed by atoms with Gasteiger partial charge in [-0.1, -0.05) is 43.0 Å². The molecule has 4 nitrogen and oxygen atoms in total. The molecule has 3 rings (SSSR count). The lowest BCUT2D eigenvalue weighted by Gasteiger charge is -2.16. The van der Waals surface area contributed by atoms with Gasteiger partial charge in [0.25, 0.3) is 5.24 Å². The number of methoxy groups -OCH3 is 1. The molecular weight excluding hydrogens is 286 g/mol. The molecule has 0 radical (unpaired) electrons. The second-order valence-electron chi connectivity index (χ2n) is 5.08. The number of nitrogens with one attached hydrogen (secondary N) is 1. The van der Waals surface area contributed by atoms with Crippen LogP contribution in [0.5, 0.6) is 5.75 Å². The van der Waals surface area contributed by atoms with Gasteiger partial charge in [-0.3, -0.25) is 14.9 Å². The van der Waals surface area contributed by atoms with E-state index in [1.807, 2.05) is 37.3 Å². The third kappa shape index (κ3) is 2.61. The maximum Gasteiger partial charge on any atom is 0.286 e. The van der Waals surface area contributed by atoms with Crippen LogP contribution in [0.2, 0.25) is 0 Å². The summed E-state index contributed by atoms with van der Waals surface area (Å²) in [5.74, 6) is 0.597. The zero-order valence-electron chi connectivity index (χ0n) is 11.8. The molecule has 0 bridgehead atoms. The summed E-state index contributed by atoms with van der Waals surface area (Å²) in [6.07, 6.45) is 0. The molecule has 2 amide bonds. The molecule has 0 saturated carbocycles. The van der Waals surface area contributed by atoms with Gasteiger partial charge < -0.3 is 4.74 Å². The lowest BCUT2D eigenvalue weighted by atomic mass is 9.94. The van der Waals surface area contributed by atoms with E-state index in [4.69, 9.17) is 4.74 Å². The Morgan fingerprint density at radius 2 is 1.86 bits per heavy atom. The van der Waals surface area contributed by atoms with Crippen molar-refractivity contribution >= 4 is 33.7 Å². The zero-order chi connectivity index (χ0) is 15.0. The summed E-state index contributed by atoms with van der Waals surface area (Å²) in [6, 6.07) is 12.0. The monoisotopic (exact) mass is 301 g/mol. The predicted octanol–water partition coefficient (Wildman–Crippen LogP) is 3.30. The number of amides is 2. The van der Waals surface area contributed by atoms with Crippen LogP contribution >= 0.6 is 11.8 Å². The lowest BCUT2D eigenvalue weighted by Crippen LogP contribution is -2.27. The molecule has 1 heterocycles. The SMILES string of the molecule is COc1ccc2cc(C(C)C3SC(=O)NC3=O)ccc2c1. The molecule has 0 aromatic heterocycles. The maximum absolute atomic E-state index is 11.8. The average Bonchev–Trinajstić information content (AvgIpc) is 2.84. The fourth-order valence-corrected chi connectivity index (χ4v) is 3.44. The van der Waals surface area contributed by atoms with Crippen LogP contribution in [0, 0.1) is 0 Å². The molecule has 2 atom stereocenters. The minimum absolute atomic E-state index is 0.0204. The number of fused-ring (bicyclic) bond motifs is 1. The Bertz CT molecular complexity index is 729. The average molecular weight is 301 g/mol. The van der Waals surface area contributed by atoms with E-state index in [0.717, 1.165) is 33.8 Å². The highest BCUT2D eigenvalue weighted by molar-refractivity contribution is 8.15. The van der Waals surface area contributed by atoms with E-state index in [-0.39, 0.29) is 22.3 Å². The number of hydrogen-bond donors (Lipinski definition) is 1. The third-order valence-electron chi connectivity index (χ3n) is 3.77. The fourth-order valence-electron chi connectivity index (χ4n) is 2.53. The molecule has 5 heteroatoms. The molecule has 2 aromatic rings. The second-order valence-corrected chi connectivity index (χ2v) is 6.19. The van der Waals surface area contributed by atoms with Gasteiger partial charge in [-0.25, -0.2) is 0 Å². The van der Waals surface area contributed by atoms with Crippen molar-refractivity contribution in [1.82, 2.24) is 5.32 Å². The van der Waals surface area contributed by atoms with Gasteiger partial charge in [0.2, 0.25) is 5.91 Å². The molecule has 108 valence electrons. The first-order valence-corrected chi connectivity index (χ1v) is 7.55. The van der Waals surface area contributed by atoms with E-state index < -0.39 is 0 Å². The van der Waals surface area contributed by atoms with Crippen LogP contribution in [0.3, 0.4) is 0 Å². The van der Waals surface area contributed by atoms with E-state index in [9.17, 15) is 9.59 Å². The number of hydrogen-bond acceptors (Lipinski definition) is 4. The zero-order valence-corrected chi connectivity index (χ0v) is 12.6. The third-order valence-corrected chi connectivity index (χ3v) is 4.96.